The largest absolute Gasteiger partial charge is 0.481 e. The molecule has 0 aromatic heterocycles. The van der Waals surface area contributed by atoms with Gasteiger partial charge >= 0.3 is 5.97 Å². The molecule has 0 radical (unpaired) electrons. The molecule has 0 saturated carbocycles. The molecule has 1 saturated heterocycles. The predicted molar refractivity (Wildman–Crippen MR) is 83.5 cm³/mol. The Morgan fingerprint density at radius 2 is 2.14 bits per heavy atom. The third-order valence-corrected chi connectivity index (χ3v) is 4.94. The second-order valence-electron chi connectivity index (χ2n) is 5.50. The van der Waals surface area contributed by atoms with E-state index in [1.165, 1.54) is 5.56 Å². The minimum absolute atomic E-state index is 0.101. The molecule has 1 aromatic rings. The molecule has 1 aliphatic heterocycles. The predicted octanol–water partition coefficient (Wildman–Crippen LogP) is 2.80. The van der Waals surface area contributed by atoms with Crippen LogP contribution < -0.4 is 0 Å². The summed E-state index contributed by atoms with van der Waals surface area (Å²) in [4.78, 5) is 26.0. The van der Waals surface area contributed by atoms with E-state index in [0.29, 0.717) is 12.3 Å². The molecule has 21 heavy (non-hydrogen) atoms. The fourth-order valence-electron chi connectivity index (χ4n) is 2.65. The number of carbonyl (C=O) groups is 2. The van der Waals surface area contributed by atoms with E-state index in [0.717, 1.165) is 24.3 Å². The number of hydrogen-bond donors (Lipinski definition) is 1. The Hall–Kier alpha value is -1.49. The first-order valence-corrected chi connectivity index (χ1v) is 8.23. The fraction of sp³-hybridized carbons (Fsp3) is 0.500. The number of piperidine rings is 1. The minimum Gasteiger partial charge on any atom is -0.481 e. The molecule has 0 bridgehead atoms. The Morgan fingerprint density at radius 1 is 1.38 bits per heavy atom. The van der Waals surface area contributed by atoms with Gasteiger partial charge in [0.05, 0.1) is 5.75 Å². The molecule has 1 heterocycles. The van der Waals surface area contributed by atoms with Crippen LogP contribution in [0.1, 0.15) is 24.8 Å². The highest BCUT2D eigenvalue weighted by molar-refractivity contribution is 8.00. The maximum absolute atomic E-state index is 12.3. The number of likely N-dealkylation sites (tertiary alicyclic amines) is 1. The average molecular weight is 307 g/mol. The van der Waals surface area contributed by atoms with E-state index in [4.69, 9.17) is 5.11 Å². The van der Waals surface area contributed by atoms with Gasteiger partial charge in [0, 0.05) is 24.4 Å². The Morgan fingerprint density at radius 3 is 2.86 bits per heavy atom. The number of carboxylic acid groups (broad SMARTS) is 1. The molecule has 0 spiro atoms. The van der Waals surface area contributed by atoms with Crippen molar-refractivity contribution < 1.29 is 14.7 Å². The van der Waals surface area contributed by atoms with Crippen LogP contribution in [0.5, 0.6) is 0 Å². The lowest BCUT2D eigenvalue weighted by atomic mass is 9.95. The maximum atomic E-state index is 12.3. The normalized spacial score (nSPS) is 18.5. The van der Waals surface area contributed by atoms with Crippen molar-refractivity contribution in [3.63, 3.8) is 0 Å². The van der Waals surface area contributed by atoms with Crippen LogP contribution in [0.25, 0.3) is 0 Å². The van der Waals surface area contributed by atoms with Gasteiger partial charge in [-0.05, 0) is 37.3 Å². The van der Waals surface area contributed by atoms with Crippen LogP contribution in [-0.4, -0.2) is 40.7 Å². The number of amides is 1. The van der Waals surface area contributed by atoms with Crippen molar-refractivity contribution in [2.24, 2.45) is 5.92 Å². The summed E-state index contributed by atoms with van der Waals surface area (Å²) in [7, 11) is 0. The van der Waals surface area contributed by atoms with Crippen molar-refractivity contribution >= 4 is 23.6 Å². The smallest absolute Gasteiger partial charge is 0.303 e. The monoisotopic (exact) mass is 307 g/mol. The van der Waals surface area contributed by atoms with Crippen LogP contribution in [-0.2, 0) is 9.59 Å². The fourth-order valence-corrected chi connectivity index (χ4v) is 3.59. The lowest BCUT2D eigenvalue weighted by molar-refractivity contribution is -0.140. The van der Waals surface area contributed by atoms with E-state index in [9.17, 15) is 9.59 Å². The maximum Gasteiger partial charge on any atom is 0.303 e. The third kappa shape index (κ3) is 4.77. The number of aliphatic carboxylic acids is 1. The number of thioether (sulfide) groups is 1. The van der Waals surface area contributed by atoms with Gasteiger partial charge in [0.2, 0.25) is 5.91 Å². The minimum atomic E-state index is -0.774. The molecule has 1 amide bonds. The molecular formula is C16H21NO3S. The molecule has 1 N–H and O–H groups in total. The zero-order valence-corrected chi connectivity index (χ0v) is 13.1. The number of hydrogen-bond acceptors (Lipinski definition) is 3. The molecule has 5 heteroatoms. The molecule has 1 atom stereocenters. The lowest BCUT2D eigenvalue weighted by Crippen LogP contribution is -2.41. The van der Waals surface area contributed by atoms with Crippen molar-refractivity contribution in [1.82, 2.24) is 4.90 Å². The van der Waals surface area contributed by atoms with Crippen LogP contribution in [0.2, 0.25) is 0 Å². The van der Waals surface area contributed by atoms with E-state index >= 15 is 0 Å². The number of rotatable bonds is 5. The first-order chi connectivity index (χ1) is 10.1. The van der Waals surface area contributed by atoms with Gasteiger partial charge in [-0.1, -0.05) is 18.2 Å². The molecule has 1 aromatic carbocycles. The standard InChI is InChI=1S/C16H21NO3S/c1-12-5-2-3-7-14(12)21-11-15(18)17-8-4-6-13(10-17)9-16(19)20/h2-3,5,7,13H,4,6,8-11H2,1H3,(H,19,20). The second-order valence-corrected chi connectivity index (χ2v) is 6.52. The number of carbonyl (C=O) groups excluding carboxylic acids is 1. The molecule has 1 aliphatic rings. The Kier molecular flexibility index (Phi) is 5.67. The molecule has 114 valence electrons. The summed E-state index contributed by atoms with van der Waals surface area (Å²) in [6, 6.07) is 8.03. The number of nitrogens with zero attached hydrogens (tertiary/aromatic N) is 1. The van der Waals surface area contributed by atoms with E-state index in [-0.39, 0.29) is 18.2 Å². The topological polar surface area (TPSA) is 57.6 Å². The van der Waals surface area contributed by atoms with Gasteiger partial charge in [0.15, 0.2) is 0 Å². The molecule has 2 rings (SSSR count). The number of aryl methyl sites for hydroxylation is 1. The van der Waals surface area contributed by atoms with Gasteiger partial charge in [0.25, 0.3) is 0 Å². The first kappa shape index (κ1) is 15.9. The Labute approximate surface area is 129 Å². The van der Waals surface area contributed by atoms with Gasteiger partial charge in [-0.3, -0.25) is 9.59 Å². The van der Waals surface area contributed by atoms with Crippen LogP contribution in [0.3, 0.4) is 0 Å². The summed E-state index contributed by atoms with van der Waals surface area (Å²) in [5, 5.41) is 8.87. The highest BCUT2D eigenvalue weighted by Crippen LogP contribution is 2.24. The summed E-state index contributed by atoms with van der Waals surface area (Å²) in [6.45, 7) is 3.37. The van der Waals surface area contributed by atoms with Gasteiger partial charge in [0.1, 0.15) is 0 Å². The summed E-state index contributed by atoms with van der Waals surface area (Å²) in [6.07, 6.45) is 1.97. The Bertz CT molecular complexity index is 518. The SMILES string of the molecule is Cc1ccccc1SCC(=O)N1CCCC(CC(=O)O)C1. The summed E-state index contributed by atoms with van der Waals surface area (Å²) >= 11 is 1.56. The molecule has 0 aliphatic carbocycles. The lowest BCUT2D eigenvalue weighted by Gasteiger charge is -2.32. The zero-order chi connectivity index (χ0) is 15.2. The van der Waals surface area contributed by atoms with Crippen molar-refractivity contribution in [3.05, 3.63) is 29.8 Å². The van der Waals surface area contributed by atoms with E-state index < -0.39 is 5.97 Å². The van der Waals surface area contributed by atoms with Gasteiger partial charge in [-0.25, -0.2) is 0 Å². The molecule has 1 unspecified atom stereocenters. The van der Waals surface area contributed by atoms with Crippen LogP contribution in [0, 0.1) is 12.8 Å². The van der Waals surface area contributed by atoms with E-state index in [1.807, 2.05) is 36.1 Å². The summed E-state index contributed by atoms with van der Waals surface area (Å²) < 4.78 is 0. The Balaban J connectivity index is 1.85. The van der Waals surface area contributed by atoms with Crippen molar-refractivity contribution in [2.45, 2.75) is 31.1 Å². The highest BCUT2D eigenvalue weighted by Gasteiger charge is 2.25. The highest BCUT2D eigenvalue weighted by atomic mass is 32.2. The van der Waals surface area contributed by atoms with Crippen molar-refractivity contribution in [1.29, 1.82) is 0 Å². The molecule has 1 fully saturated rings. The zero-order valence-electron chi connectivity index (χ0n) is 12.2. The van der Waals surface area contributed by atoms with E-state index in [1.54, 1.807) is 11.8 Å². The quantitative estimate of drug-likeness (QED) is 0.850. The number of carboxylic acids is 1. The van der Waals surface area contributed by atoms with Gasteiger partial charge in [-0.15, -0.1) is 11.8 Å². The summed E-state index contributed by atoms with van der Waals surface area (Å²) in [5.74, 6) is -0.143. The third-order valence-electron chi connectivity index (χ3n) is 3.78. The second kappa shape index (κ2) is 7.50. The number of benzene rings is 1. The average Bonchev–Trinajstić information content (AvgIpc) is 2.45. The van der Waals surface area contributed by atoms with Crippen LogP contribution >= 0.6 is 11.8 Å². The van der Waals surface area contributed by atoms with E-state index in [2.05, 4.69) is 0 Å². The van der Waals surface area contributed by atoms with Crippen LogP contribution in [0.4, 0.5) is 0 Å². The summed E-state index contributed by atoms with van der Waals surface area (Å²) in [5.41, 5.74) is 1.18. The first-order valence-electron chi connectivity index (χ1n) is 7.24. The van der Waals surface area contributed by atoms with Crippen LogP contribution in [0.15, 0.2) is 29.2 Å². The molecule has 4 nitrogen and oxygen atoms in total. The van der Waals surface area contributed by atoms with Gasteiger partial charge in [-0.2, -0.15) is 0 Å². The molecular weight excluding hydrogens is 286 g/mol. The van der Waals surface area contributed by atoms with Crippen molar-refractivity contribution in [2.75, 3.05) is 18.8 Å². The van der Waals surface area contributed by atoms with Crippen molar-refractivity contribution in [3.8, 4) is 0 Å². The van der Waals surface area contributed by atoms with Gasteiger partial charge < -0.3 is 10.0 Å².